The van der Waals surface area contributed by atoms with Crippen molar-refractivity contribution in [2.75, 3.05) is 7.05 Å². The number of amides is 2. The average molecular weight is 286 g/mol. The maximum Gasteiger partial charge on any atom is 0.252 e. The normalized spacial score (nSPS) is 18.8. The third kappa shape index (κ3) is 1.66. The first-order valence-electron chi connectivity index (χ1n) is 5.97. The van der Waals surface area contributed by atoms with Gasteiger partial charge in [-0.15, -0.1) is 0 Å². The maximum atomic E-state index is 12.1. The van der Waals surface area contributed by atoms with Gasteiger partial charge < -0.3 is 9.55 Å². The molecule has 0 bridgehead atoms. The summed E-state index contributed by atoms with van der Waals surface area (Å²) in [5, 5.41) is 8.97. The van der Waals surface area contributed by atoms with Crippen molar-refractivity contribution < 1.29 is 9.59 Å². The molecule has 0 saturated carbocycles. The predicted octanol–water partition coefficient (Wildman–Crippen LogP) is 1.50. The molecule has 0 radical (unpaired) electrons. The largest absolute Gasteiger partial charge is 0.331 e. The number of likely N-dealkylation sites (tertiary alicyclic amines) is 1. The van der Waals surface area contributed by atoms with Crippen molar-refractivity contribution >= 4 is 35.1 Å². The lowest BCUT2D eigenvalue weighted by Gasteiger charge is -2.11. The number of aromatic amines is 1. The quantitative estimate of drug-likeness (QED) is 0.636. The molecule has 0 aliphatic carbocycles. The lowest BCUT2D eigenvalue weighted by atomic mass is 10.2. The summed E-state index contributed by atoms with van der Waals surface area (Å²) in [5.74, 6) is -0.512. The molecule has 1 aliphatic rings. The van der Waals surface area contributed by atoms with E-state index in [9.17, 15) is 9.59 Å². The van der Waals surface area contributed by atoms with Gasteiger partial charge in [-0.1, -0.05) is 0 Å². The number of H-pyrrole nitrogens is 1. The number of rotatable bonds is 1. The highest BCUT2D eigenvalue weighted by Crippen LogP contribution is 2.28. The topological polar surface area (TPSA) is 81.9 Å². The van der Waals surface area contributed by atoms with E-state index in [0.29, 0.717) is 15.9 Å². The molecule has 3 rings (SSSR count). The molecule has 1 fully saturated rings. The van der Waals surface area contributed by atoms with E-state index in [-0.39, 0.29) is 18.2 Å². The molecule has 1 N–H and O–H groups in total. The van der Waals surface area contributed by atoms with Crippen LogP contribution in [-0.2, 0) is 9.59 Å². The molecule has 1 aromatic heterocycles. The lowest BCUT2D eigenvalue weighted by molar-refractivity contribution is -0.137. The zero-order valence-corrected chi connectivity index (χ0v) is 11.4. The number of carbonyl (C=O) groups is 2. The SMILES string of the molecule is CN1C(=O)CC(n2c(=S)[nH]c3ccc(C#N)cc32)C1=O. The van der Waals surface area contributed by atoms with Gasteiger partial charge in [-0.3, -0.25) is 14.5 Å². The highest BCUT2D eigenvalue weighted by atomic mass is 32.1. The van der Waals surface area contributed by atoms with Crippen LogP contribution in [0.4, 0.5) is 0 Å². The molecular weight excluding hydrogens is 276 g/mol. The molecule has 0 spiro atoms. The van der Waals surface area contributed by atoms with E-state index >= 15 is 0 Å². The van der Waals surface area contributed by atoms with E-state index in [4.69, 9.17) is 17.5 Å². The van der Waals surface area contributed by atoms with Gasteiger partial charge in [0.2, 0.25) is 5.91 Å². The molecule has 6 nitrogen and oxygen atoms in total. The highest BCUT2D eigenvalue weighted by molar-refractivity contribution is 7.71. The minimum Gasteiger partial charge on any atom is -0.331 e. The van der Waals surface area contributed by atoms with Crippen molar-refractivity contribution in [1.82, 2.24) is 14.5 Å². The van der Waals surface area contributed by atoms with Crippen molar-refractivity contribution in [1.29, 1.82) is 5.26 Å². The molecule has 1 atom stereocenters. The summed E-state index contributed by atoms with van der Waals surface area (Å²) in [7, 11) is 1.46. The first kappa shape index (κ1) is 12.6. The van der Waals surface area contributed by atoms with E-state index in [0.717, 1.165) is 10.4 Å². The Bertz CT molecular complexity index is 842. The Labute approximate surface area is 119 Å². The number of likely N-dealkylation sites (N-methyl/N-ethyl adjacent to an activating group) is 1. The molecule has 2 amide bonds. The zero-order valence-electron chi connectivity index (χ0n) is 10.6. The van der Waals surface area contributed by atoms with Crippen LogP contribution in [0.1, 0.15) is 18.0 Å². The fourth-order valence-electron chi connectivity index (χ4n) is 2.44. The maximum absolute atomic E-state index is 12.1. The van der Waals surface area contributed by atoms with Crippen LogP contribution in [-0.4, -0.2) is 33.3 Å². The van der Waals surface area contributed by atoms with Crippen LogP contribution in [0.2, 0.25) is 0 Å². The Morgan fingerprint density at radius 3 is 2.80 bits per heavy atom. The average Bonchev–Trinajstić information content (AvgIpc) is 2.89. The minimum atomic E-state index is -0.636. The molecule has 1 unspecified atom stereocenters. The number of imidazole rings is 1. The van der Waals surface area contributed by atoms with E-state index in [1.165, 1.54) is 7.05 Å². The fourth-order valence-corrected chi connectivity index (χ4v) is 2.77. The summed E-state index contributed by atoms with van der Waals surface area (Å²) in [6.45, 7) is 0. The van der Waals surface area contributed by atoms with Crippen LogP contribution in [0.25, 0.3) is 11.0 Å². The first-order chi connectivity index (χ1) is 9.52. The van der Waals surface area contributed by atoms with Gasteiger partial charge in [0, 0.05) is 7.05 Å². The second kappa shape index (κ2) is 4.28. The monoisotopic (exact) mass is 286 g/mol. The molecule has 2 aromatic rings. The van der Waals surface area contributed by atoms with Crippen LogP contribution in [0, 0.1) is 16.1 Å². The summed E-state index contributed by atoms with van der Waals surface area (Å²) in [5.41, 5.74) is 1.88. The number of carbonyl (C=O) groups excluding carboxylic acids is 2. The number of imide groups is 1. The van der Waals surface area contributed by atoms with Crippen molar-refractivity contribution in [2.45, 2.75) is 12.5 Å². The summed E-state index contributed by atoms with van der Waals surface area (Å²) < 4.78 is 1.99. The van der Waals surface area contributed by atoms with Crippen LogP contribution in [0.15, 0.2) is 18.2 Å². The van der Waals surface area contributed by atoms with E-state index in [2.05, 4.69) is 11.1 Å². The summed E-state index contributed by atoms with van der Waals surface area (Å²) >= 11 is 5.24. The Morgan fingerprint density at radius 1 is 1.45 bits per heavy atom. The highest BCUT2D eigenvalue weighted by Gasteiger charge is 2.38. The van der Waals surface area contributed by atoms with Crippen LogP contribution in [0.5, 0.6) is 0 Å². The number of nitrogens with one attached hydrogen (secondary N) is 1. The number of benzene rings is 1. The van der Waals surface area contributed by atoms with Crippen molar-refractivity contribution in [3.8, 4) is 6.07 Å². The summed E-state index contributed by atoms with van der Waals surface area (Å²) in [6.07, 6.45) is 0.0906. The molecule has 1 saturated heterocycles. The van der Waals surface area contributed by atoms with Gasteiger partial charge in [0.15, 0.2) is 4.77 Å². The smallest absolute Gasteiger partial charge is 0.252 e. The minimum absolute atomic E-state index is 0.0906. The van der Waals surface area contributed by atoms with E-state index in [1.54, 1.807) is 22.8 Å². The number of nitrogens with zero attached hydrogens (tertiary/aromatic N) is 3. The van der Waals surface area contributed by atoms with Crippen LogP contribution >= 0.6 is 12.2 Å². The van der Waals surface area contributed by atoms with Gasteiger partial charge in [0.25, 0.3) is 5.91 Å². The predicted molar refractivity (Wildman–Crippen MR) is 73.3 cm³/mol. The van der Waals surface area contributed by atoms with Gasteiger partial charge in [0.05, 0.1) is 29.1 Å². The van der Waals surface area contributed by atoms with E-state index < -0.39 is 6.04 Å². The first-order valence-corrected chi connectivity index (χ1v) is 6.38. The number of fused-ring (bicyclic) bond motifs is 1. The van der Waals surface area contributed by atoms with Crippen molar-refractivity contribution in [3.05, 3.63) is 28.5 Å². The number of aromatic nitrogens is 2. The lowest BCUT2D eigenvalue weighted by Crippen LogP contribution is -2.26. The fraction of sp³-hybridized carbons (Fsp3) is 0.231. The Kier molecular flexibility index (Phi) is 2.69. The molecule has 1 aromatic carbocycles. The standard InChI is InChI=1S/C13H10N4O2S/c1-16-11(18)5-10(12(16)19)17-9-4-7(6-14)2-3-8(9)15-13(17)20/h2-4,10H,5H2,1H3,(H,15,20). The van der Waals surface area contributed by atoms with E-state index in [1.807, 2.05) is 0 Å². The Balaban J connectivity index is 2.24. The third-order valence-corrected chi connectivity index (χ3v) is 3.81. The Morgan fingerprint density at radius 2 is 2.20 bits per heavy atom. The van der Waals surface area contributed by atoms with Gasteiger partial charge in [0.1, 0.15) is 6.04 Å². The molecular formula is C13H10N4O2S. The Hall–Kier alpha value is -2.46. The number of hydrogen-bond donors (Lipinski definition) is 1. The molecule has 2 heterocycles. The van der Waals surface area contributed by atoms with Gasteiger partial charge in [-0.2, -0.15) is 5.26 Å². The summed E-state index contributed by atoms with van der Waals surface area (Å²) in [4.78, 5) is 27.9. The van der Waals surface area contributed by atoms with Crippen molar-refractivity contribution in [2.24, 2.45) is 0 Å². The molecule has 7 heteroatoms. The van der Waals surface area contributed by atoms with Gasteiger partial charge in [-0.05, 0) is 30.4 Å². The second-order valence-corrected chi connectivity index (χ2v) is 5.04. The second-order valence-electron chi connectivity index (χ2n) is 4.65. The summed E-state index contributed by atoms with van der Waals surface area (Å²) in [6, 6.07) is 6.49. The van der Waals surface area contributed by atoms with Crippen molar-refractivity contribution in [3.63, 3.8) is 0 Å². The molecule has 20 heavy (non-hydrogen) atoms. The number of hydrogen-bond acceptors (Lipinski definition) is 4. The van der Waals surface area contributed by atoms with Gasteiger partial charge >= 0.3 is 0 Å². The number of nitriles is 1. The molecule has 1 aliphatic heterocycles. The van der Waals surface area contributed by atoms with Gasteiger partial charge in [-0.25, -0.2) is 0 Å². The third-order valence-electron chi connectivity index (χ3n) is 3.52. The molecule has 100 valence electrons. The van der Waals surface area contributed by atoms with Crippen LogP contribution < -0.4 is 0 Å². The van der Waals surface area contributed by atoms with Crippen LogP contribution in [0.3, 0.4) is 0 Å². The zero-order chi connectivity index (χ0) is 14.4.